The third-order valence-corrected chi connectivity index (χ3v) is 3.56. The van der Waals surface area contributed by atoms with E-state index in [1.54, 1.807) is 13.3 Å². The molecule has 1 atom stereocenters. The number of ether oxygens (including phenoxy) is 3. The van der Waals surface area contributed by atoms with Crippen molar-refractivity contribution >= 4 is 5.82 Å². The predicted octanol–water partition coefficient (Wildman–Crippen LogP) is 2.23. The second-order valence-corrected chi connectivity index (χ2v) is 5.02. The topological polar surface area (TPSA) is 82.4 Å². The van der Waals surface area contributed by atoms with E-state index in [9.17, 15) is 0 Å². The smallest absolute Gasteiger partial charge is 0.162 e. The molecule has 0 bridgehead atoms. The van der Waals surface area contributed by atoms with E-state index >= 15 is 0 Å². The van der Waals surface area contributed by atoms with E-state index in [0.29, 0.717) is 23.9 Å². The van der Waals surface area contributed by atoms with Crippen LogP contribution in [0.4, 0.5) is 5.82 Å². The summed E-state index contributed by atoms with van der Waals surface area (Å²) in [7, 11) is 1.63. The summed E-state index contributed by atoms with van der Waals surface area (Å²) in [5.41, 5.74) is 7.66. The normalized spacial score (nSPS) is 18.4. The molecule has 0 amide bonds. The van der Waals surface area contributed by atoms with Crippen molar-refractivity contribution in [3.63, 3.8) is 0 Å². The summed E-state index contributed by atoms with van der Waals surface area (Å²) in [5, 5.41) is 6.68. The lowest BCUT2D eigenvalue weighted by Gasteiger charge is -2.24. The molecule has 21 heavy (non-hydrogen) atoms. The lowest BCUT2D eigenvalue weighted by molar-refractivity contribution is 0.00646. The van der Waals surface area contributed by atoms with E-state index in [1.807, 2.05) is 18.2 Å². The Bertz CT molecular complexity index is 606. The molecule has 1 aliphatic heterocycles. The predicted molar refractivity (Wildman–Crippen MR) is 79.5 cm³/mol. The van der Waals surface area contributed by atoms with Crippen molar-refractivity contribution in [2.45, 2.75) is 18.9 Å². The van der Waals surface area contributed by atoms with Crippen molar-refractivity contribution in [2.75, 3.05) is 26.1 Å². The minimum Gasteiger partial charge on any atom is -0.493 e. The molecule has 112 valence electrons. The standard InChI is InChI=1S/C15H19N3O3/c1-19-13-5-4-10(12-8-17-18-15(12)16)7-14(13)21-11-3-2-6-20-9-11/h4-5,7-8,11H,2-3,6,9H2,1H3,(H3,16,17,18). The van der Waals surface area contributed by atoms with E-state index in [-0.39, 0.29) is 6.10 Å². The Balaban J connectivity index is 1.88. The van der Waals surface area contributed by atoms with E-state index in [0.717, 1.165) is 30.6 Å². The maximum atomic E-state index is 6.03. The number of methoxy groups -OCH3 is 1. The van der Waals surface area contributed by atoms with Crippen LogP contribution in [0.2, 0.25) is 0 Å². The number of hydrogen-bond donors (Lipinski definition) is 2. The number of aromatic nitrogens is 2. The molecular weight excluding hydrogens is 270 g/mol. The summed E-state index contributed by atoms with van der Waals surface area (Å²) in [4.78, 5) is 0. The Morgan fingerprint density at radius 1 is 1.38 bits per heavy atom. The van der Waals surface area contributed by atoms with Gasteiger partial charge in [0.1, 0.15) is 11.9 Å². The Morgan fingerprint density at radius 3 is 2.95 bits per heavy atom. The van der Waals surface area contributed by atoms with Crippen LogP contribution in [-0.4, -0.2) is 36.6 Å². The third-order valence-electron chi connectivity index (χ3n) is 3.56. The first-order valence-electron chi connectivity index (χ1n) is 6.99. The van der Waals surface area contributed by atoms with Gasteiger partial charge in [0.2, 0.25) is 0 Å². The molecule has 0 spiro atoms. The molecule has 1 fully saturated rings. The summed E-state index contributed by atoms with van der Waals surface area (Å²) in [6.45, 7) is 1.42. The summed E-state index contributed by atoms with van der Waals surface area (Å²) < 4.78 is 16.9. The number of nitrogens with one attached hydrogen (secondary N) is 1. The second-order valence-electron chi connectivity index (χ2n) is 5.02. The monoisotopic (exact) mass is 289 g/mol. The van der Waals surface area contributed by atoms with Crippen molar-refractivity contribution in [3.05, 3.63) is 24.4 Å². The highest BCUT2D eigenvalue weighted by atomic mass is 16.5. The average molecular weight is 289 g/mol. The molecule has 1 saturated heterocycles. The quantitative estimate of drug-likeness (QED) is 0.902. The van der Waals surface area contributed by atoms with Crippen LogP contribution in [0.25, 0.3) is 11.1 Å². The number of nitrogen functional groups attached to an aromatic ring is 1. The summed E-state index contributed by atoms with van der Waals surface area (Å²) in [6, 6.07) is 5.74. The van der Waals surface area contributed by atoms with Crippen LogP contribution in [0.1, 0.15) is 12.8 Å². The molecule has 2 aromatic rings. The van der Waals surface area contributed by atoms with Crippen LogP contribution in [0.15, 0.2) is 24.4 Å². The highest BCUT2D eigenvalue weighted by molar-refractivity contribution is 5.75. The first-order chi connectivity index (χ1) is 10.3. The van der Waals surface area contributed by atoms with Gasteiger partial charge in [-0.3, -0.25) is 5.10 Å². The van der Waals surface area contributed by atoms with E-state index in [1.165, 1.54) is 0 Å². The largest absolute Gasteiger partial charge is 0.493 e. The third kappa shape index (κ3) is 2.95. The maximum absolute atomic E-state index is 6.03. The molecule has 6 heteroatoms. The molecule has 1 aliphatic rings. The number of hydrogen-bond acceptors (Lipinski definition) is 5. The van der Waals surface area contributed by atoms with Crippen molar-refractivity contribution in [3.8, 4) is 22.6 Å². The number of benzene rings is 1. The zero-order valence-electron chi connectivity index (χ0n) is 12.0. The van der Waals surface area contributed by atoms with Crippen LogP contribution < -0.4 is 15.2 Å². The first-order valence-corrected chi connectivity index (χ1v) is 6.99. The highest BCUT2D eigenvalue weighted by Gasteiger charge is 2.18. The SMILES string of the molecule is COc1ccc(-c2cn[nH]c2N)cc1OC1CCCOC1. The van der Waals surface area contributed by atoms with Crippen molar-refractivity contribution in [1.29, 1.82) is 0 Å². The lowest BCUT2D eigenvalue weighted by atomic mass is 10.1. The van der Waals surface area contributed by atoms with Gasteiger partial charge in [0.15, 0.2) is 11.5 Å². The average Bonchev–Trinajstić information content (AvgIpc) is 2.94. The number of nitrogens with two attached hydrogens (primary N) is 1. The zero-order valence-corrected chi connectivity index (χ0v) is 12.0. The Morgan fingerprint density at radius 2 is 2.29 bits per heavy atom. The van der Waals surface area contributed by atoms with Gasteiger partial charge in [0, 0.05) is 12.2 Å². The van der Waals surface area contributed by atoms with Crippen LogP contribution in [0, 0.1) is 0 Å². The van der Waals surface area contributed by atoms with E-state index in [2.05, 4.69) is 10.2 Å². The molecule has 0 aliphatic carbocycles. The Hall–Kier alpha value is -2.21. The molecule has 3 N–H and O–H groups in total. The molecule has 1 aromatic carbocycles. The molecule has 1 unspecified atom stereocenters. The van der Waals surface area contributed by atoms with Gasteiger partial charge in [-0.1, -0.05) is 6.07 Å². The van der Waals surface area contributed by atoms with Gasteiger partial charge in [0.25, 0.3) is 0 Å². The number of aromatic amines is 1. The second kappa shape index (κ2) is 6.05. The summed E-state index contributed by atoms with van der Waals surface area (Å²) >= 11 is 0. The summed E-state index contributed by atoms with van der Waals surface area (Å²) in [6.07, 6.45) is 3.76. The number of rotatable bonds is 4. The van der Waals surface area contributed by atoms with Gasteiger partial charge in [-0.2, -0.15) is 5.10 Å². The van der Waals surface area contributed by atoms with Gasteiger partial charge in [-0.25, -0.2) is 0 Å². The number of H-pyrrole nitrogens is 1. The molecule has 0 saturated carbocycles. The van der Waals surface area contributed by atoms with Gasteiger partial charge in [-0.15, -0.1) is 0 Å². The minimum absolute atomic E-state index is 0.0598. The van der Waals surface area contributed by atoms with Gasteiger partial charge >= 0.3 is 0 Å². The summed E-state index contributed by atoms with van der Waals surface area (Å²) in [5.74, 6) is 1.93. The molecule has 1 aromatic heterocycles. The number of nitrogens with zero attached hydrogens (tertiary/aromatic N) is 1. The Kier molecular flexibility index (Phi) is 3.96. The van der Waals surface area contributed by atoms with Crippen molar-refractivity contribution in [1.82, 2.24) is 10.2 Å². The van der Waals surface area contributed by atoms with Crippen LogP contribution >= 0.6 is 0 Å². The fourth-order valence-electron chi connectivity index (χ4n) is 2.45. The molecular formula is C15H19N3O3. The molecule has 2 heterocycles. The first kappa shape index (κ1) is 13.8. The molecule has 3 rings (SSSR count). The van der Waals surface area contributed by atoms with Crippen molar-refractivity contribution in [2.24, 2.45) is 0 Å². The lowest BCUT2D eigenvalue weighted by Crippen LogP contribution is -2.28. The fraction of sp³-hybridized carbons (Fsp3) is 0.400. The van der Waals surface area contributed by atoms with E-state index in [4.69, 9.17) is 19.9 Å². The fourth-order valence-corrected chi connectivity index (χ4v) is 2.45. The van der Waals surface area contributed by atoms with Gasteiger partial charge in [-0.05, 0) is 30.5 Å². The van der Waals surface area contributed by atoms with Crippen LogP contribution in [0.3, 0.4) is 0 Å². The van der Waals surface area contributed by atoms with Crippen LogP contribution in [-0.2, 0) is 4.74 Å². The van der Waals surface area contributed by atoms with E-state index < -0.39 is 0 Å². The Labute approximate surface area is 123 Å². The van der Waals surface area contributed by atoms with Crippen LogP contribution in [0.5, 0.6) is 11.5 Å². The molecule has 0 radical (unpaired) electrons. The van der Waals surface area contributed by atoms with Crippen molar-refractivity contribution < 1.29 is 14.2 Å². The molecule has 6 nitrogen and oxygen atoms in total. The maximum Gasteiger partial charge on any atom is 0.162 e. The van der Waals surface area contributed by atoms with Gasteiger partial charge < -0.3 is 19.9 Å². The highest BCUT2D eigenvalue weighted by Crippen LogP contribution is 2.35. The number of anilines is 1. The van der Waals surface area contributed by atoms with Gasteiger partial charge in [0.05, 0.1) is 19.9 Å². The minimum atomic E-state index is 0.0598. The zero-order chi connectivity index (χ0) is 14.7.